The van der Waals surface area contributed by atoms with Crippen LogP contribution in [0.2, 0.25) is 0 Å². The average Bonchev–Trinajstić information content (AvgIpc) is 2.75. The quantitative estimate of drug-likeness (QED) is 0.808. The molecule has 1 unspecified atom stereocenters. The van der Waals surface area contributed by atoms with E-state index in [9.17, 15) is 0 Å². The van der Waals surface area contributed by atoms with Crippen LogP contribution in [0.5, 0.6) is 0 Å². The molecule has 16 heavy (non-hydrogen) atoms. The number of hydrogen-bond donors (Lipinski definition) is 0. The summed E-state index contributed by atoms with van der Waals surface area (Å²) >= 11 is 5.51. The maximum absolute atomic E-state index is 4.34. The third-order valence-corrected chi connectivity index (χ3v) is 4.87. The fourth-order valence-corrected chi connectivity index (χ4v) is 3.79. The minimum absolute atomic E-state index is 0.512. The molecule has 3 rings (SSSR count). The molecule has 0 saturated carbocycles. The minimum atomic E-state index is 0.512. The lowest BCUT2D eigenvalue weighted by Gasteiger charge is -2.19. The highest BCUT2D eigenvalue weighted by Gasteiger charge is 2.21. The molecule has 1 atom stereocenters. The SMILES string of the molecule is Brc1cccn2c(C3CCCCS3)nnc12. The highest BCUT2D eigenvalue weighted by Crippen LogP contribution is 2.37. The Balaban J connectivity index is 2.06. The zero-order valence-corrected chi connectivity index (χ0v) is 11.2. The Morgan fingerprint density at radius 2 is 2.31 bits per heavy atom. The van der Waals surface area contributed by atoms with E-state index in [1.54, 1.807) is 0 Å². The van der Waals surface area contributed by atoms with E-state index >= 15 is 0 Å². The summed E-state index contributed by atoms with van der Waals surface area (Å²) in [6.07, 6.45) is 5.91. The smallest absolute Gasteiger partial charge is 0.175 e. The normalized spacial score (nSPS) is 21.4. The van der Waals surface area contributed by atoms with Gasteiger partial charge >= 0.3 is 0 Å². The summed E-state index contributed by atoms with van der Waals surface area (Å²) in [7, 11) is 0. The van der Waals surface area contributed by atoms with E-state index in [0.717, 1.165) is 15.9 Å². The van der Waals surface area contributed by atoms with Gasteiger partial charge in [0.15, 0.2) is 11.5 Å². The second-order valence-electron chi connectivity index (χ2n) is 3.96. The molecule has 0 N–H and O–H groups in total. The summed E-state index contributed by atoms with van der Waals surface area (Å²) < 4.78 is 3.11. The zero-order chi connectivity index (χ0) is 11.0. The third-order valence-electron chi connectivity index (χ3n) is 2.88. The highest BCUT2D eigenvalue weighted by atomic mass is 79.9. The molecular weight excluding hydrogens is 286 g/mol. The number of aromatic nitrogens is 3. The molecule has 0 bridgehead atoms. The molecule has 2 aromatic heterocycles. The molecule has 1 aliphatic heterocycles. The Labute approximate surface area is 107 Å². The fourth-order valence-electron chi connectivity index (χ4n) is 2.07. The van der Waals surface area contributed by atoms with Crippen LogP contribution >= 0.6 is 27.7 Å². The molecule has 3 heterocycles. The maximum atomic E-state index is 4.34. The summed E-state index contributed by atoms with van der Waals surface area (Å²) in [6.45, 7) is 0. The van der Waals surface area contributed by atoms with Crippen molar-refractivity contribution in [2.45, 2.75) is 24.5 Å². The molecule has 0 amide bonds. The van der Waals surface area contributed by atoms with Crippen molar-refractivity contribution >= 4 is 33.3 Å². The van der Waals surface area contributed by atoms with Crippen LogP contribution in [0.3, 0.4) is 0 Å². The van der Waals surface area contributed by atoms with Gasteiger partial charge in [-0.25, -0.2) is 0 Å². The van der Waals surface area contributed by atoms with Gasteiger partial charge in [-0.1, -0.05) is 6.42 Å². The topological polar surface area (TPSA) is 30.2 Å². The van der Waals surface area contributed by atoms with Crippen molar-refractivity contribution in [2.24, 2.45) is 0 Å². The monoisotopic (exact) mass is 297 g/mol. The van der Waals surface area contributed by atoms with Gasteiger partial charge in [0.25, 0.3) is 0 Å². The number of halogens is 1. The van der Waals surface area contributed by atoms with E-state index in [2.05, 4.69) is 30.5 Å². The van der Waals surface area contributed by atoms with E-state index in [1.165, 1.54) is 25.0 Å². The predicted molar refractivity (Wildman–Crippen MR) is 69.7 cm³/mol. The molecule has 0 aliphatic carbocycles. The first-order valence-electron chi connectivity index (χ1n) is 5.47. The first kappa shape index (κ1) is 10.6. The van der Waals surface area contributed by atoms with E-state index in [-0.39, 0.29) is 0 Å². The average molecular weight is 298 g/mol. The lowest BCUT2D eigenvalue weighted by molar-refractivity contribution is 0.657. The number of pyridine rings is 1. The molecule has 2 aromatic rings. The third kappa shape index (κ3) is 1.76. The number of fused-ring (bicyclic) bond motifs is 1. The number of hydrogen-bond acceptors (Lipinski definition) is 3. The summed E-state index contributed by atoms with van der Waals surface area (Å²) in [4.78, 5) is 0. The Bertz CT molecular complexity index is 505. The molecule has 1 fully saturated rings. The standard InChI is InChI=1S/C11H12BrN3S/c12-8-4-3-6-15-10(8)13-14-11(15)9-5-1-2-7-16-9/h3-4,6,9H,1-2,5,7H2. The Hall–Kier alpha value is -0.550. The zero-order valence-electron chi connectivity index (χ0n) is 8.77. The Morgan fingerprint density at radius 3 is 3.12 bits per heavy atom. The van der Waals surface area contributed by atoms with Crippen molar-refractivity contribution in [1.29, 1.82) is 0 Å². The van der Waals surface area contributed by atoms with Gasteiger partial charge in [-0.2, -0.15) is 11.8 Å². The van der Waals surface area contributed by atoms with Gasteiger partial charge in [-0.05, 0) is 46.7 Å². The van der Waals surface area contributed by atoms with Crippen molar-refractivity contribution < 1.29 is 0 Å². The molecule has 1 aliphatic rings. The van der Waals surface area contributed by atoms with E-state index in [4.69, 9.17) is 0 Å². The molecule has 5 heteroatoms. The van der Waals surface area contributed by atoms with Crippen LogP contribution in [0.15, 0.2) is 22.8 Å². The van der Waals surface area contributed by atoms with Crippen molar-refractivity contribution in [2.75, 3.05) is 5.75 Å². The second-order valence-corrected chi connectivity index (χ2v) is 6.13. The lowest BCUT2D eigenvalue weighted by Crippen LogP contribution is -2.06. The molecule has 84 valence electrons. The lowest BCUT2D eigenvalue weighted by atomic mass is 10.2. The number of thioether (sulfide) groups is 1. The van der Waals surface area contributed by atoms with Crippen LogP contribution in [0, 0.1) is 0 Å². The largest absolute Gasteiger partial charge is 0.285 e. The number of rotatable bonds is 1. The molecular formula is C11H12BrN3S. The molecule has 0 aromatic carbocycles. The number of nitrogens with zero attached hydrogens (tertiary/aromatic N) is 3. The van der Waals surface area contributed by atoms with Crippen LogP contribution in [0.25, 0.3) is 5.65 Å². The van der Waals surface area contributed by atoms with Gasteiger partial charge in [0, 0.05) is 6.20 Å². The summed E-state index contributed by atoms with van der Waals surface area (Å²) in [5, 5.41) is 9.10. The van der Waals surface area contributed by atoms with Crippen molar-refractivity contribution in [3.63, 3.8) is 0 Å². The van der Waals surface area contributed by atoms with E-state index < -0.39 is 0 Å². The van der Waals surface area contributed by atoms with Crippen molar-refractivity contribution in [3.05, 3.63) is 28.6 Å². The van der Waals surface area contributed by atoms with Crippen LogP contribution in [0.1, 0.15) is 30.3 Å². The molecule has 0 radical (unpaired) electrons. The maximum Gasteiger partial charge on any atom is 0.175 e. The predicted octanol–water partition coefficient (Wildman–Crippen LogP) is 3.45. The first-order chi connectivity index (χ1) is 7.86. The molecule has 0 spiro atoms. The van der Waals surface area contributed by atoms with E-state index in [0.29, 0.717) is 5.25 Å². The summed E-state index contributed by atoms with van der Waals surface area (Å²) in [6, 6.07) is 4.03. The summed E-state index contributed by atoms with van der Waals surface area (Å²) in [5.41, 5.74) is 0.920. The van der Waals surface area contributed by atoms with Crippen LogP contribution in [0.4, 0.5) is 0 Å². The molecule has 3 nitrogen and oxygen atoms in total. The van der Waals surface area contributed by atoms with Crippen LogP contribution in [-0.2, 0) is 0 Å². The second kappa shape index (κ2) is 4.37. The summed E-state index contributed by atoms with van der Waals surface area (Å²) in [5.74, 6) is 2.34. The van der Waals surface area contributed by atoms with Gasteiger partial charge in [-0.3, -0.25) is 4.40 Å². The first-order valence-corrected chi connectivity index (χ1v) is 7.31. The molecule has 1 saturated heterocycles. The van der Waals surface area contributed by atoms with Gasteiger partial charge in [0.2, 0.25) is 0 Å². The minimum Gasteiger partial charge on any atom is -0.285 e. The van der Waals surface area contributed by atoms with Crippen LogP contribution in [-0.4, -0.2) is 20.4 Å². The van der Waals surface area contributed by atoms with E-state index in [1.807, 2.05) is 30.1 Å². The van der Waals surface area contributed by atoms with Gasteiger partial charge < -0.3 is 0 Å². The van der Waals surface area contributed by atoms with Crippen molar-refractivity contribution in [3.8, 4) is 0 Å². The van der Waals surface area contributed by atoms with Gasteiger partial charge in [0.05, 0.1) is 9.72 Å². The van der Waals surface area contributed by atoms with Crippen molar-refractivity contribution in [1.82, 2.24) is 14.6 Å². The van der Waals surface area contributed by atoms with Gasteiger partial charge in [-0.15, -0.1) is 10.2 Å². The Morgan fingerprint density at radius 1 is 1.38 bits per heavy atom. The Kier molecular flexibility index (Phi) is 2.90. The van der Waals surface area contributed by atoms with Gasteiger partial charge in [0.1, 0.15) is 0 Å². The highest BCUT2D eigenvalue weighted by molar-refractivity contribution is 9.10. The van der Waals surface area contributed by atoms with Crippen LogP contribution < -0.4 is 0 Å². The fraction of sp³-hybridized carbons (Fsp3) is 0.455.